The van der Waals surface area contributed by atoms with Crippen LogP contribution < -0.4 is 5.32 Å². The Balaban J connectivity index is 0.801. The number of hydrogen-bond donors (Lipinski definition) is 1. The maximum atomic E-state index is 14.5. The number of carbonyl (C=O) groups excluding carboxylic acids is 4. The largest absolute Gasteiger partial charge is 0.379 e. The molecule has 4 heterocycles. The maximum absolute atomic E-state index is 14.5. The fourth-order valence-electron chi connectivity index (χ4n) is 8.48. The number of nitrogens with one attached hydrogen (secondary N) is 1. The topological polar surface area (TPSA) is 167 Å². The number of Topliss-reactive ketones (excluding diaryl/α,β-unsaturated/α-hetero) is 1. The third-order valence-corrected chi connectivity index (χ3v) is 15.3. The fourth-order valence-corrected chi connectivity index (χ4v) is 10.4. The van der Waals surface area contributed by atoms with Gasteiger partial charge in [-0.25, -0.2) is 4.99 Å². The molecule has 20 heteroatoms. The lowest BCUT2D eigenvalue weighted by Gasteiger charge is -2.30. The summed E-state index contributed by atoms with van der Waals surface area (Å²) in [6.45, 7) is 7.54. The normalized spacial score (nSPS) is 15.7. The van der Waals surface area contributed by atoms with Crippen LogP contribution in [0.25, 0.3) is 17.2 Å². The van der Waals surface area contributed by atoms with Crippen molar-refractivity contribution in [1.29, 1.82) is 0 Å². The predicted molar refractivity (Wildman–Crippen MR) is 301 cm³/mol. The Morgan fingerprint density at radius 2 is 1.36 bits per heavy atom. The Morgan fingerprint density at radius 1 is 0.750 bits per heavy atom. The number of likely N-dealkylation sites (tertiary alicyclic amines) is 1. The Kier molecular flexibility index (Phi) is 19.6. The molecule has 2 aliphatic rings. The van der Waals surface area contributed by atoms with E-state index in [0.717, 1.165) is 37.8 Å². The first-order chi connectivity index (χ1) is 36.6. The number of piperidine rings is 1. The maximum Gasteiger partial charge on any atom is 0.269 e. The third kappa shape index (κ3) is 14.4. The molecule has 6 aromatic rings. The number of aliphatic imine (C=N–C) groups is 2. The number of aryl methyl sites for hydroxylation is 2. The molecule has 394 valence electrons. The van der Waals surface area contributed by atoms with E-state index < -0.39 is 17.9 Å². The number of carbonyl (C=O) groups is 4. The third-order valence-electron chi connectivity index (χ3n) is 12.4. The summed E-state index contributed by atoms with van der Waals surface area (Å²) in [5.41, 5.74) is 6.40. The molecule has 76 heavy (non-hydrogen) atoms. The van der Waals surface area contributed by atoms with E-state index in [0.29, 0.717) is 59.0 Å². The van der Waals surface area contributed by atoms with E-state index >= 15 is 0 Å². The molecule has 4 aromatic carbocycles. The van der Waals surface area contributed by atoms with Gasteiger partial charge in [0.05, 0.1) is 91.4 Å². The van der Waals surface area contributed by atoms with Gasteiger partial charge < -0.3 is 24.4 Å². The highest BCUT2D eigenvalue weighted by Gasteiger charge is 2.34. The van der Waals surface area contributed by atoms with Crippen molar-refractivity contribution in [3.8, 4) is 5.00 Å². The smallest absolute Gasteiger partial charge is 0.269 e. The zero-order chi connectivity index (χ0) is 53.9. The summed E-state index contributed by atoms with van der Waals surface area (Å²) in [6.07, 6.45) is 3.36. The van der Waals surface area contributed by atoms with Crippen molar-refractivity contribution >= 4 is 116 Å². The molecule has 0 bridgehead atoms. The zero-order valence-corrected chi connectivity index (χ0v) is 46.3. The minimum atomic E-state index is -0.589. The number of rotatable bonds is 20. The van der Waals surface area contributed by atoms with Crippen molar-refractivity contribution in [3.63, 3.8) is 0 Å². The monoisotopic (exact) mass is 1140 g/mol. The van der Waals surface area contributed by atoms with E-state index in [1.165, 1.54) is 4.90 Å². The minimum Gasteiger partial charge on any atom is -0.379 e. The number of ketones is 1. The van der Waals surface area contributed by atoms with Crippen LogP contribution in [-0.2, 0) is 39.8 Å². The van der Waals surface area contributed by atoms with Crippen LogP contribution in [0.1, 0.15) is 68.8 Å². The highest BCUT2D eigenvalue weighted by atomic mass is 35.5. The summed E-state index contributed by atoms with van der Waals surface area (Å²) in [7, 11) is 0. The van der Waals surface area contributed by atoms with Crippen molar-refractivity contribution in [3.05, 3.63) is 177 Å². The van der Waals surface area contributed by atoms with Gasteiger partial charge in [-0.3, -0.25) is 28.7 Å². The molecular formula is C56H52Cl5N7O7S. The lowest BCUT2D eigenvalue weighted by Crippen LogP contribution is -2.45. The van der Waals surface area contributed by atoms with Gasteiger partial charge in [0.15, 0.2) is 11.6 Å². The second-order valence-corrected chi connectivity index (χ2v) is 21.1. The Morgan fingerprint density at radius 3 is 1.97 bits per heavy atom. The van der Waals surface area contributed by atoms with Crippen LogP contribution in [0.4, 0.5) is 0 Å². The van der Waals surface area contributed by atoms with Crippen molar-refractivity contribution in [2.24, 2.45) is 9.98 Å². The predicted octanol–water partition coefficient (Wildman–Crippen LogP) is 11.1. The Hall–Kier alpha value is -5.85. The van der Waals surface area contributed by atoms with Gasteiger partial charge in [0.1, 0.15) is 22.6 Å². The fraction of sp³-hybridized carbons (Fsp3) is 0.286. The average molecular weight is 1140 g/mol. The molecule has 1 fully saturated rings. The summed E-state index contributed by atoms with van der Waals surface area (Å²) < 4.78 is 19.1. The molecular weight excluding hydrogens is 1090 g/mol. The van der Waals surface area contributed by atoms with Gasteiger partial charge in [-0.15, -0.1) is 21.5 Å². The van der Waals surface area contributed by atoms with Crippen molar-refractivity contribution in [1.82, 2.24) is 25.0 Å². The SMILES string of the molecule is Cc1sc2c(c1C)C(c1ccc(Cl)cc1)=N[C@@H](CC(=O)NCCOCCOCCOCCC(=O)N=C(Cc1ccccc1)C(=O)N1C/C(=C\c3ccc(Cl)c(Cl)c3)C(=O)/C(=C/c3ccc(Cl)c(Cl)c3)C1)c1nnc(C)n1-2. The first-order valence-electron chi connectivity index (χ1n) is 24.3. The number of aromatic nitrogens is 3. The second-order valence-electron chi connectivity index (χ2n) is 17.8. The van der Waals surface area contributed by atoms with Gasteiger partial charge in [0.25, 0.3) is 5.91 Å². The molecule has 8 rings (SSSR count). The molecule has 0 radical (unpaired) electrons. The van der Waals surface area contributed by atoms with Crippen LogP contribution >= 0.6 is 69.3 Å². The van der Waals surface area contributed by atoms with E-state index in [2.05, 4.69) is 34.4 Å². The van der Waals surface area contributed by atoms with Gasteiger partial charge >= 0.3 is 0 Å². The van der Waals surface area contributed by atoms with Gasteiger partial charge in [-0.2, -0.15) is 0 Å². The highest BCUT2D eigenvalue weighted by Crippen LogP contribution is 2.40. The van der Waals surface area contributed by atoms with Gasteiger partial charge in [-0.1, -0.05) is 113 Å². The lowest BCUT2D eigenvalue weighted by atomic mass is 9.93. The summed E-state index contributed by atoms with van der Waals surface area (Å²) in [6, 6.07) is 26.1. The molecule has 2 aromatic heterocycles. The molecule has 14 nitrogen and oxygen atoms in total. The number of nitrogens with zero attached hydrogens (tertiary/aromatic N) is 6. The van der Waals surface area contributed by atoms with Crippen LogP contribution in [0.3, 0.4) is 0 Å². The second kappa shape index (κ2) is 26.5. The van der Waals surface area contributed by atoms with Crippen LogP contribution in [-0.4, -0.2) is 114 Å². The molecule has 2 aliphatic heterocycles. The van der Waals surface area contributed by atoms with E-state index in [-0.39, 0.29) is 95.9 Å². The summed E-state index contributed by atoms with van der Waals surface area (Å²) in [5, 5.41) is 14.7. The van der Waals surface area contributed by atoms with E-state index in [4.69, 9.17) is 77.2 Å². The molecule has 0 spiro atoms. The number of fused-ring (bicyclic) bond motifs is 3. The van der Waals surface area contributed by atoms with Gasteiger partial charge in [-0.05, 0) is 91.6 Å². The molecule has 3 amide bonds. The number of ether oxygens (including phenoxy) is 3. The van der Waals surface area contributed by atoms with E-state index in [1.807, 2.05) is 66.1 Å². The van der Waals surface area contributed by atoms with Crippen molar-refractivity contribution in [2.75, 3.05) is 59.3 Å². The average Bonchev–Trinajstić information content (AvgIpc) is 3.89. The zero-order valence-electron chi connectivity index (χ0n) is 41.7. The van der Waals surface area contributed by atoms with E-state index in [1.54, 1.807) is 59.9 Å². The van der Waals surface area contributed by atoms with Crippen LogP contribution in [0.5, 0.6) is 0 Å². The van der Waals surface area contributed by atoms with E-state index in [9.17, 15) is 19.2 Å². The molecule has 1 N–H and O–H groups in total. The number of halogens is 5. The lowest BCUT2D eigenvalue weighted by molar-refractivity contribution is -0.125. The summed E-state index contributed by atoms with van der Waals surface area (Å²) in [4.78, 5) is 67.3. The summed E-state index contributed by atoms with van der Waals surface area (Å²) in [5.74, 6) is -0.228. The summed E-state index contributed by atoms with van der Waals surface area (Å²) >= 11 is 32.8. The van der Waals surface area contributed by atoms with Crippen LogP contribution in [0.2, 0.25) is 25.1 Å². The van der Waals surface area contributed by atoms with Crippen LogP contribution in [0.15, 0.2) is 112 Å². The minimum absolute atomic E-state index is 0.0110. The Bertz CT molecular complexity index is 3190. The first kappa shape index (κ1) is 56.4. The first-order valence-corrected chi connectivity index (χ1v) is 27.0. The van der Waals surface area contributed by atoms with Gasteiger partial charge in [0, 0.05) is 45.1 Å². The number of benzene rings is 4. The molecule has 0 saturated carbocycles. The quantitative estimate of drug-likeness (QED) is 0.0445. The molecule has 0 unspecified atom stereocenters. The standard InChI is InChI=1S/C56H52Cl5N7O7S/c1-33-34(2)76-56-51(33)52(39-11-13-42(57)14-12-39)64-47(54-66-65-35(3)68(54)56)30-50(70)62-18-20-74-22-24-75-23-21-73-19-17-49(69)63-48(29-36-7-5-4-6-8-36)55(72)67-31-40(25-37-9-15-43(58)45(60)27-37)53(71)41(32-67)26-38-10-16-44(59)46(61)28-38/h4-16,25-28,47H,17-24,29-32H2,1-3H3,(H,62,70)/b40-25+,41-26+,63-48?/t47-/m0/s1. The molecule has 1 saturated heterocycles. The molecule has 0 aliphatic carbocycles. The number of hydrogen-bond acceptors (Lipinski definition) is 11. The van der Waals surface area contributed by atoms with Crippen LogP contribution in [0, 0.1) is 20.8 Å². The number of amides is 3. The molecule has 1 atom stereocenters. The number of thiophene rings is 1. The Labute approximate surface area is 469 Å². The highest BCUT2D eigenvalue weighted by molar-refractivity contribution is 7.15. The van der Waals surface area contributed by atoms with Crippen molar-refractivity contribution < 1.29 is 33.4 Å². The van der Waals surface area contributed by atoms with Gasteiger partial charge in [0.2, 0.25) is 11.8 Å². The van der Waals surface area contributed by atoms with Crippen molar-refractivity contribution in [2.45, 2.75) is 46.1 Å².